The van der Waals surface area contributed by atoms with Crippen molar-refractivity contribution in [1.29, 1.82) is 0 Å². The van der Waals surface area contributed by atoms with Gasteiger partial charge in [-0.05, 0) is 31.2 Å². The Labute approximate surface area is 192 Å². The van der Waals surface area contributed by atoms with Crippen LogP contribution in [0.1, 0.15) is 6.92 Å². The van der Waals surface area contributed by atoms with Crippen LogP contribution in [-0.2, 0) is 25.4 Å². The zero-order valence-electron chi connectivity index (χ0n) is 18.3. The molecule has 0 aliphatic carbocycles. The Morgan fingerprint density at radius 1 is 1.00 bits per heavy atom. The normalized spacial score (nSPS) is 13.5. The maximum atomic E-state index is 13.3. The minimum atomic E-state index is -0.564. The lowest BCUT2D eigenvalue weighted by Crippen LogP contribution is -2.38. The third-order valence-corrected chi connectivity index (χ3v) is 6.72. The van der Waals surface area contributed by atoms with Gasteiger partial charge in [0.2, 0.25) is 0 Å². The molecule has 10 heteroatoms. The highest BCUT2D eigenvalue weighted by atomic mass is 32.2. The molecule has 5 rings (SSSR count). The SMILES string of the molecule is CC(Cn1cnc2c1c(=O)n(C)c(=O)n2C)OC(=O)N1c2ccccc2Sc2ccccc21. The van der Waals surface area contributed by atoms with Gasteiger partial charge in [-0.15, -0.1) is 0 Å². The largest absolute Gasteiger partial charge is 0.444 e. The van der Waals surface area contributed by atoms with E-state index in [1.807, 2.05) is 48.5 Å². The Bertz CT molecular complexity index is 1470. The fourth-order valence-electron chi connectivity index (χ4n) is 3.98. The van der Waals surface area contributed by atoms with Crippen molar-refractivity contribution in [1.82, 2.24) is 18.7 Å². The monoisotopic (exact) mass is 463 g/mol. The number of carbonyl (C=O) groups is 1. The fourth-order valence-corrected chi connectivity index (χ4v) is 5.03. The van der Waals surface area contributed by atoms with Crippen LogP contribution in [-0.4, -0.2) is 30.9 Å². The van der Waals surface area contributed by atoms with E-state index in [2.05, 4.69) is 4.98 Å². The maximum absolute atomic E-state index is 13.3. The van der Waals surface area contributed by atoms with Crippen molar-refractivity contribution in [3.8, 4) is 0 Å². The van der Waals surface area contributed by atoms with Crippen LogP contribution in [0.4, 0.5) is 16.2 Å². The van der Waals surface area contributed by atoms with Gasteiger partial charge >= 0.3 is 11.8 Å². The predicted molar refractivity (Wildman–Crippen MR) is 125 cm³/mol. The first-order valence-electron chi connectivity index (χ1n) is 10.3. The van der Waals surface area contributed by atoms with Crippen molar-refractivity contribution in [2.45, 2.75) is 29.4 Å². The van der Waals surface area contributed by atoms with Crippen molar-refractivity contribution in [2.75, 3.05) is 4.90 Å². The highest BCUT2D eigenvalue weighted by Crippen LogP contribution is 2.48. The topological polar surface area (TPSA) is 91.4 Å². The molecule has 1 aliphatic rings. The molecule has 0 radical (unpaired) electrons. The molecule has 168 valence electrons. The molecule has 1 amide bonds. The number of nitrogens with zero attached hydrogens (tertiary/aromatic N) is 5. The summed E-state index contributed by atoms with van der Waals surface area (Å²) in [5, 5.41) is 0. The summed E-state index contributed by atoms with van der Waals surface area (Å²) in [7, 11) is 2.99. The van der Waals surface area contributed by atoms with Gasteiger partial charge in [0.05, 0.1) is 24.2 Å². The number of anilines is 2. The molecule has 0 saturated carbocycles. The van der Waals surface area contributed by atoms with E-state index in [0.717, 1.165) is 25.7 Å². The van der Waals surface area contributed by atoms with E-state index in [0.29, 0.717) is 0 Å². The van der Waals surface area contributed by atoms with Gasteiger partial charge in [-0.2, -0.15) is 0 Å². The lowest BCUT2D eigenvalue weighted by Gasteiger charge is -2.31. The number of para-hydroxylation sites is 2. The molecule has 0 N–H and O–H groups in total. The Morgan fingerprint density at radius 3 is 2.24 bits per heavy atom. The number of hydrogen-bond acceptors (Lipinski definition) is 6. The molecular weight excluding hydrogens is 442 g/mol. The zero-order chi connectivity index (χ0) is 23.3. The molecule has 0 fully saturated rings. The summed E-state index contributed by atoms with van der Waals surface area (Å²) in [6, 6.07) is 15.3. The van der Waals surface area contributed by atoms with Crippen LogP contribution in [0, 0.1) is 0 Å². The van der Waals surface area contributed by atoms with Crippen LogP contribution in [0.25, 0.3) is 11.2 Å². The standard InChI is InChI=1S/C23H21N5O4S/c1-14(12-27-13-24-20-19(27)21(29)26(3)22(30)25(20)2)32-23(31)28-15-8-4-6-10-17(15)33-18-11-7-5-9-16(18)28/h4-11,13-14H,12H2,1-3H3. The van der Waals surface area contributed by atoms with Gasteiger partial charge in [-0.3, -0.25) is 13.9 Å². The minimum Gasteiger partial charge on any atom is -0.444 e. The predicted octanol–water partition coefficient (Wildman–Crippen LogP) is 3.26. The van der Waals surface area contributed by atoms with Crippen LogP contribution in [0.3, 0.4) is 0 Å². The van der Waals surface area contributed by atoms with E-state index in [1.165, 1.54) is 17.9 Å². The number of imidazole rings is 1. The smallest absolute Gasteiger partial charge is 0.419 e. The second-order valence-electron chi connectivity index (χ2n) is 7.84. The minimum absolute atomic E-state index is 0.210. The molecule has 3 heterocycles. The van der Waals surface area contributed by atoms with E-state index in [4.69, 9.17) is 4.74 Å². The van der Waals surface area contributed by atoms with E-state index >= 15 is 0 Å². The molecule has 0 bridgehead atoms. The number of fused-ring (bicyclic) bond motifs is 3. The van der Waals surface area contributed by atoms with Gasteiger partial charge in [0.25, 0.3) is 5.56 Å². The lowest BCUT2D eigenvalue weighted by molar-refractivity contribution is 0.106. The quantitative estimate of drug-likeness (QED) is 0.463. The summed E-state index contributed by atoms with van der Waals surface area (Å²) in [5.74, 6) is 0. The number of hydrogen-bond donors (Lipinski definition) is 0. The average Bonchev–Trinajstić information content (AvgIpc) is 3.23. The third kappa shape index (κ3) is 3.43. The Kier molecular flexibility index (Phi) is 5.09. The first kappa shape index (κ1) is 21.1. The number of ether oxygens (including phenoxy) is 1. The number of rotatable bonds is 3. The van der Waals surface area contributed by atoms with Crippen molar-refractivity contribution >= 4 is 40.4 Å². The summed E-state index contributed by atoms with van der Waals surface area (Å²) < 4.78 is 9.78. The maximum Gasteiger partial charge on any atom is 0.419 e. The van der Waals surface area contributed by atoms with Crippen LogP contribution in [0.15, 0.2) is 74.2 Å². The second-order valence-corrected chi connectivity index (χ2v) is 8.93. The zero-order valence-corrected chi connectivity index (χ0v) is 19.1. The van der Waals surface area contributed by atoms with Gasteiger partial charge in [-0.25, -0.2) is 19.5 Å². The van der Waals surface area contributed by atoms with Gasteiger partial charge < -0.3 is 9.30 Å². The molecule has 33 heavy (non-hydrogen) atoms. The van der Waals surface area contributed by atoms with Crippen molar-refractivity contribution < 1.29 is 9.53 Å². The summed E-state index contributed by atoms with van der Waals surface area (Å²) in [5.41, 5.74) is 1.20. The van der Waals surface area contributed by atoms with Gasteiger partial charge in [-0.1, -0.05) is 36.0 Å². The molecule has 0 spiro atoms. The van der Waals surface area contributed by atoms with Crippen LogP contribution in [0.2, 0.25) is 0 Å². The van der Waals surface area contributed by atoms with E-state index in [-0.39, 0.29) is 17.7 Å². The van der Waals surface area contributed by atoms with Crippen LogP contribution < -0.4 is 16.1 Å². The molecule has 0 saturated heterocycles. The molecule has 1 aliphatic heterocycles. The van der Waals surface area contributed by atoms with Crippen LogP contribution >= 0.6 is 11.8 Å². The lowest BCUT2D eigenvalue weighted by atomic mass is 10.2. The first-order valence-corrected chi connectivity index (χ1v) is 11.2. The molecule has 9 nitrogen and oxygen atoms in total. The number of amides is 1. The number of aryl methyl sites for hydroxylation is 1. The number of aromatic nitrogens is 4. The number of benzene rings is 2. The second kappa shape index (κ2) is 7.96. The van der Waals surface area contributed by atoms with E-state index in [1.54, 1.807) is 35.2 Å². The first-order chi connectivity index (χ1) is 15.9. The molecule has 4 aromatic rings. The van der Waals surface area contributed by atoms with E-state index in [9.17, 15) is 14.4 Å². The van der Waals surface area contributed by atoms with Gasteiger partial charge in [0.15, 0.2) is 11.2 Å². The molecule has 1 unspecified atom stereocenters. The summed E-state index contributed by atoms with van der Waals surface area (Å²) >= 11 is 1.61. The Hall–Kier alpha value is -3.79. The highest BCUT2D eigenvalue weighted by Gasteiger charge is 2.30. The van der Waals surface area contributed by atoms with Crippen molar-refractivity contribution in [2.24, 2.45) is 14.1 Å². The highest BCUT2D eigenvalue weighted by molar-refractivity contribution is 7.99. The van der Waals surface area contributed by atoms with Crippen molar-refractivity contribution in [3.63, 3.8) is 0 Å². The molecule has 1 atom stereocenters. The average molecular weight is 464 g/mol. The summed E-state index contributed by atoms with van der Waals surface area (Å²) in [6.45, 7) is 1.97. The van der Waals surface area contributed by atoms with Gasteiger partial charge in [0.1, 0.15) is 6.10 Å². The van der Waals surface area contributed by atoms with Gasteiger partial charge in [0, 0.05) is 23.9 Å². The number of carbonyl (C=O) groups excluding carboxylic acids is 1. The Balaban J connectivity index is 1.44. The van der Waals surface area contributed by atoms with Crippen LogP contribution in [0.5, 0.6) is 0 Å². The molecular formula is C23H21N5O4S. The van der Waals surface area contributed by atoms with E-state index < -0.39 is 23.4 Å². The Morgan fingerprint density at radius 2 is 1.61 bits per heavy atom. The van der Waals surface area contributed by atoms with Crippen molar-refractivity contribution in [3.05, 3.63) is 75.7 Å². The summed E-state index contributed by atoms with van der Waals surface area (Å²) in [4.78, 5) is 45.9. The fraction of sp³-hybridized carbons (Fsp3) is 0.217. The summed E-state index contributed by atoms with van der Waals surface area (Å²) in [6.07, 6.45) is 0.413. The molecule has 2 aromatic carbocycles. The molecule has 2 aromatic heterocycles. The third-order valence-electron chi connectivity index (χ3n) is 5.59.